The number of hydrogen-bond donors (Lipinski definition) is 0. The zero-order chi connectivity index (χ0) is 23.3. The van der Waals surface area contributed by atoms with Gasteiger partial charge in [-0.25, -0.2) is 9.96 Å². The van der Waals surface area contributed by atoms with Crippen LogP contribution in [0.4, 0.5) is 11.4 Å². The van der Waals surface area contributed by atoms with Gasteiger partial charge in [0.25, 0.3) is 5.91 Å². The molecule has 0 aromatic heterocycles. The average Bonchev–Trinajstić information content (AvgIpc) is 3.31. The summed E-state index contributed by atoms with van der Waals surface area (Å²) in [6, 6.07) is 24.1. The van der Waals surface area contributed by atoms with Crippen molar-refractivity contribution in [3.63, 3.8) is 0 Å². The van der Waals surface area contributed by atoms with Gasteiger partial charge in [-0.3, -0.25) is 14.4 Å². The van der Waals surface area contributed by atoms with Crippen molar-refractivity contribution in [2.45, 2.75) is 38.3 Å². The van der Waals surface area contributed by atoms with E-state index in [4.69, 9.17) is 16.4 Å². The van der Waals surface area contributed by atoms with Gasteiger partial charge in [-0.15, -0.1) is 0 Å². The lowest BCUT2D eigenvalue weighted by Gasteiger charge is -2.29. The first kappa shape index (κ1) is 21.7. The molecule has 2 heterocycles. The maximum absolute atomic E-state index is 13.6. The third-order valence-electron chi connectivity index (χ3n) is 6.33. The van der Waals surface area contributed by atoms with E-state index in [1.807, 2.05) is 42.5 Å². The minimum absolute atomic E-state index is 0.0108. The SMILES string of the molecule is CC(C)(C)c1ccc([C@H]2[C@H]3C(=O)N(c4ccc(Cl)cc4)C(=O)[C@@H]3ON2c2ccccc2)cc1. The highest BCUT2D eigenvalue weighted by Crippen LogP contribution is 2.47. The Kier molecular flexibility index (Phi) is 5.26. The van der Waals surface area contributed by atoms with Crippen LogP contribution in [0.1, 0.15) is 37.9 Å². The average molecular weight is 461 g/mol. The summed E-state index contributed by atoms with van der Waals surface area (Å²) in [7, 11) is 0. The van der Waals surface area contributed by atoms with E-state index in [2.05, 4.69) is 32.9 Å². The van der Waals surface area contributed by atoms with Crippen molar-refractivity contribution >= 4 is 34.8 Å². The first-order valence-electron chi connectivity index (χ1n) is 11.0. The summed E-state index contributed by atoms with van der Waals surface area (Å²) in [5.41, 5.74) is 3.44. The van der Waals surface area contributed by atoms with Crippen LogP contribution >= 0.6 is 11.6 Å². The van der Waals surface area contributed by atoms with Crippen molar-refractivity contribution in [3.8, 4) is 0 Å². The minimum Gasteiger partial charge on any atom is -0.273 e. The summed E-state index contributed by atoms with van der Waals surface area (Å²) in [4.78, 5) is 34.4. The van der Waals surface area contributed by atoms with Gasteiger partial charge in [0, 0.05) is 5.02 Å². The van der Waals surface area contributed by atoms with E-state index in [1.54, 1.807) is 29.3 Å². The number of nitrogens with zero attached hydrogens (tertiary/aromatic N) is 2. The molecule has 0 unspecified atom stereocenters. The van der Waals surface area contributed by atoms with Crippen LogP contribution in [0.3, 0.4) is 0 Å². The molecule has 3 aromatic rings. The molecule has 168 valence electrons. The van der Waals surface area contributed by atoms with Crippen LogP contribution in [0.5, 0.6) is 0 Å². The maximum Gasteiger partial charge on any atom is 0.266 e. The molecular formula is C27H25ClN2O3. The quantitative estimate of drug-likeness (QED) is 0.471. The molecule has 0 bridgehead atoms. The second-order valence-electron chi connectivity index (χ2n) is 9.52. The predicted octanol–water partition coefficient (Wildman–Crippen LogP) is 5.69. The van der Waals surface area contributed by atoms with Crippen molar-refractivity contribution < 1.29 is 14.4 Å². The number of para-hydroxylation sites is 1. The predicted molar refractivity (Wildman–Crippen MR) is 129 cm³/mol. The van der Waals surface area contributed by atoms with Gasteiger partial charge in [0.1, 0.15) is 5.92 Å². The van der Waals surface area contributed by atoms with E-state index in [9.17, 15) is 9.59 Å². The Morgan fingerprint density at radius 1 is 0.788 bits per heavy atom. The third kappa shape index (κ3) is 3.71. The van der Waals surface area contributed by atoms with Gasteiger partial charge >= 0.3 is 0 Å². The van der Waals surface area contributed by atoms with Gasteiger partial charge in [-0.05, 0) is 52.9 Å². The summed E-state index contributed by atoms with van der Waals surface area (Å²) in [5.74, 6) is -1.29. The molecule has 2 fully saturated rings. The fourth-order valence-electron chi connectivity index (χ4n) is 4.58. The molecule has 2 aliphatic rings. The number of carbonyl (C=O) groups excluding carboxylic acids is 2. The molecule has 2 amide bonds. The van der Waals surface area contributed by atoms with Crippen molar-refractivity contribution in [1.82, 2.24) is 0 Å². The molecule has 0 spiro atoms. The van der Waals surface area contributed by atoms with Crippen LogP contribution < -0.4 is 9.96 Å². The zero-order valence-corrected chi connectivity index (χ0v) is 19.5. The molecule has 0 N–H and O–H groups in total. The van der Waals surface area contributed by atoms with Crippen LogP contribution in [0.25, 0.3) is 0 Å². The summed E-state index contributed by atoms with van der Waals surface area (Å²) in [6.45, 7) is 6.49. The molecule has 0 aliphatic carbocycles. The molecule has 3 aromatic carbocycles. The maximum atomic E-state index is 13.6. The Labute approximate surface area is 198 Å². The van der Waals surface area contributed by atoms with Gasteiger partial charge in [0.2, 0.25) is 5.91 Å². The van der Waals surface area contributed by atoms with Crippen molar-refractivity contribution in [3.05, 3.63) is 95.0 Å². The van der Waals surface area contributed by atoms with Gasteiger partial charge in [-0.2, -0.15) is 0 Å². The molecule has 0 radical (unpaired) electrons. The number of hydrogen-bond acceptors (Lipinski definition) is 4. The summed E-state index contributed by atoms with van der Waals surface area (Å²) >= 11 is 6.00. The lowest BCUT2D eigenvalue weighted by Crippen LogP contribution is -2.37. The lowest BCUT2D eigenvalue weighted by atomic mass is 9.84. The number of benzene rings is 3. The highest BCUT2D eigenvalue weighted by Gasteiger charge is 2.60. The van der Waals surface area contributed by atoms with Gasteiger partial charge in [0.15, 0.2) is 6.10 Å². The molecule has 5 nitrogen and oxygen atoms in total. The molecule has 2 aliphatic heterocycles. The van der Waals surface area contributed by atoms with E-state index in [0.717, 1.165) is 11.3 Å². The first-order chi connectivity index (χ1) is 15.8. The van der Waals surface area contributed by atoms with Gasteiger partial charge in [-0.1, -0.05) is 74.8 Å². The minimum atomic E-state index is -0.888. The highest BCUT2D eigenvalue weighted by atomic mass is 35.5. The van der Waals surface area contributed by atoms with E-state index in [1.165, 1.54) is 10.5 Å². The Morgan fingerprint density at radius 2 is 1.42 bits per heavy atom. The highest BCUT2D eigenvalue weighted by molar-refractivity contribution is 6.31. The topological polar surface area (TPSA) is 49.9 Å². The normalized spacial score (nSPS) is 22.7. The molecule has 6 heteroatoms. The van der Waals surface area contributed by atoms with Crippen LogP contribution in [-0.4, -0.2) is 17.9 Å². The summed E-state index contributed by atoms with van der Waals surface area (Å²) in [6.07, 6.45) is -0.888. The zero-order valence-electron chi connectivity index (χ0n) is 18.7. The smallest absolute Gasteiger partial charge is 0.266 e. The molecule has 0 saturated carbocycles. The van der Waals surface area contributed by atoms with Crippen LogP contribution in [0, 0.1) is 5.92 Å². The number of imide groups is 1. The summed E-state index contributed by atoms with van der Waals surface area (Å²) < 4.78 is 0. The third-order valence-corrected chi connectivity index (χ3v) is 6.58. The standard InChI is InChI=1S/C27H25ClN2O3/c1-27(2,3)18-11-9-17(10-12-18)23-22-24(33-30(23)21-7-5-4-6-8-21)26(32)29(25(22)31)20-15-13-19(28)14-16-20/h4-16,22-24H,1-3H3/t22-,23+,24-/m1/s1. The molecule has 2 saturated heterocycles. The second-order valence-corrected chi connectivity index (χ2v) is 9.95. The fraction of sp³-hybridized carbons (Fsp3) is 0.259. The van der Waals surface area contributed by atoms with E-state index < -0.39 is 18.1 Å². The number of rotatable bonds is 3. The van der Waals surface area contributed by atoms with Gasteiger partial charge < -0.3 is 0 Å². The Balaban J connectivity index is 1.57. The van der Waals surface area contributed by atoms with E-state index in [-0.39, 0.29) is 17.2 Å². The van der Waals surface area contributed by atoms with Crippen LogP contribution in [0.2, 0.25) is 5.02 Å². The number of fused-ring (bicyclic) bond motifs is 1. The lowest BCUT2D eigenvalue weighted by molar-refractivity contribution is -0.126. The molecule has 33 heavy (non-hydrogen) atoms. The van der Waals surface area contributed by atoms with Crippen LogP contribution in [0.15, 0.2) is 78.9 Å². The number of anilines is 2. The number of hydroxylamine groups is 1. The second kappa shape index (κ2) is 8.01. The van der Waals surface area contributed by atoms with Gasteiger partial charge in [0.05, 0.1) is 17.4 Å². The molecule has 3 atom stereocenters. The molecule has 5 rings (SSSR count). The Morgan fingerprint density at radius 3 is 2.03 bits per heavy atom. The Hall–Kier alpha value is -3.15. The van der Waals surface area contributed by atoms with E-state index >= 15 is 0 Å². The first-order valence-corrected chi connectivity index (χ1v) is 11.4. The molecular weight excluding hydrogens is 436 g/mol. The fourth-order valence-corrected chi connectivity index (χ4v) is 4.70. The van der Waals surface area contributed by atoms with E-state index in [0.29, 0.717) is 10.7 Å². The van der Waals surface area contributed by atoms with Crippen LogP contribution in [-0.2, 0) is 19.8 Å². The largest absolute Gasteiger partial charge is 0.273 e. The monoisotopic (exact) mass is 460 g/mol. The number of carbonyl (C=O) groups is 2. The van der Waals surface area contributed by atoms with Crippen molar-refractivity contribution in [1.29, 1.82) is 0 Å². The number of amides is 2. The van der Waals surface area contributed by atoms with Crippen molar-refractivity contribution in [2.24, 2.45) is 5.92 Å². The number of halogens is 1. The summed E-state index contributed by atoms with van der Waals surface area (Å²) in [5, 5.41) is 2.26. The Bertz CT molecular complexity index is 1190. The van der Waals surface area contributed by atoms with Crippen molar-refractivity contribution in [2.75, 3.05) is 9.96 Å².